The van der Waals surface area contributed by atoms with E-state index in [1.807, 2.05) is 0 Å². The molecule has 3 aromatic rings. The number of fused-ring (bicyclic) bond motifs is 3. The van der Waals surface area contributed by atoms with Crippen molar-refractivity contribution in [1.29, 1.82) is 0 Å². The second kappa shape index (κ2) is 6.12. The summed E-state index contributed by atoms with van der Waals surface area (Å²) in [7, 11) is 0. The summed E-state index contributed by atoms with van der Waals surface area (Å²) >= 11 is 1.75. The number of thiophene rings is 1. The van der Waals surface area contributed by atoms with E-state index in [0.29, 0.717) is 12.4 Å². The molecule has 4 nitrogen and oxygen atoms in total. The summed E-state index contributed by atoms with van der Waals surface area (Å²) in [6.07, 6.45) is 6.21. The van der Waals surface area contributed by atoms with Gasteiger partial charge < -0.3 is 0 Å². The molecule has 6 heteroatoms. The summed E-state index contributed by atoms with van der Waals surface area (Å²) in [5.74, 6) is 0.407. The highest BCUT2D eigenvalue weighted by atomic mass is 32.1. The maximum absolute atomic E-state index is 12.9. The minimum Gasteiger partial charge on any atom is -0.225 e. The second-order valence-corrected chi connectivity index (χ2v) is 6.70. The molecule has 0 saturated carbocycles. The van der Waals surface area contributed by atoms with E-state index in [9.17, 15) is 4.39 Å². The molecular formula is C17H15FN4S. The minimum atomic E-state index is -0.243. The van der Waals surface area contributed by atoms with Crippen LogP contribution in [0.3, 0.4) is 0 Å². The Bertz CT molecular complexity index is 870. The van der Waals surface area contributed by atoms with Gasteiger partial charge >= 0.3 is 0 Å². The first-order chi connectivity index (χ1) is 11.3. The zero-order valence-corrected chi connectivity index (χ0v) is 13.3. The van der Waals surface area contributed by atoms with Crippen molar-refractivity contribution in [2.45, 2.75) is 32.2 Å². The van der Waals surface area contributed by atoms with Gasteiger partial charge in [-0.25, -0.2) is 14.4 Å². The molecule has 1 aliphatic carbocycles. The van der Waals surface area contributed by atoms with Crippen LogP contribution in [0.2, 0.25) is 0 Å². The van der Waals surface area contributed by atoms with Gasteiger partial charge in [-0.05, 0) is 48.9 Å². The summed E-state index contributed by atoms with van der Waals surface area (Å²) in [5.41, 5.74) is 2.28. The normalized spacial score (nSPS) is 14.5. The molecule has 2 heterocycles. The van der Waals surface area contributed by atoms with Crippen molar-refractivity contribution in [2.24, 2.45) is 10.2 Å². The molecule has 116 valence electrons. The summed E-state index contributed by atoms with van der Waals surface area (Å²) in [5, 5.41) is 9.62. The number of benzene rings is 1. The molecule has 0 atom stereocenters. The van der Waals surface area contributed by atoms with Gasteiger partial charge in [0.25, 0.3) is 0 Å². The molecule has 0 radical (unpaired) electrons. The fourth-order valence-corrected chi connectivity index (χ4v) is 4.15. The first-order valence-electron chi connectivity index (χ1n) is 7.68. The predicted octanol–water partition coefficient (Wildman–Crippen LogP) is 4.99. The third-order valence-electron chi connectivity index (χ3n) is 4.06. The molecule has 0 bridgehead atoms. The van der Waals surface area contributed by atoms with E-state index < -0.39 is 0 Å². The van der Waals surface area contributed by atoms with Gasteiger partial charge in [-0.3, -0.25) is 0 Å². The van der Waals surface area contributed by atoms with Crippen LogP contribution in [0.1, 0.15) is 28.8 Å². The molecule has 0 fully saturated rings. The summed E-state index contributed by atoms with van der Waals surface area (Å²) in [6, 6.07) is 6.30. The second-order valence-electron chi connectivity index (χ2n) is 5.61. The van der Waals surface area contributed by atoms with Crippen molar-refractivity contribution in [2.75, 3.05) is 0 Å². The lowest BCUT2D eigenvalue weighted by atomic mass is 9.97. The van der Waals surface area contributed by atoms with Crippen LogP contribution in [-0.4, -0.2) is 9.97 Å². The molecule has 1 aliphatic rings. The Labute approximate surface area is 137 Å². The highest BCUT2D eigenvalue weighted by molar-refractivity contribution is 7.18. The van der Waals surface area contributed by atoms with E-state index in [1.165, 1.54) is 35.4 Å². The van der Waals surface area contributed by atoms with Gasteiger partial charge in [0.1, 0.15) is 17.0 Å². The van der Waals surface area contributed by atoms with Gasteiger partial charge in [-0.1, -0.05) is 12.1 Å². The number of hydrogen-bond acceptors (Lipinski definition) is 5. The van der Waals surface area contributed by atoms with Crippen LogP contribution < -0.4 is 0 Å². The lowest BCUT2D eigenvalue weighted by molar-refractivity contribution is 0.627. The Hall–Kier alpha value is -2.21. The number of halogens is 1. The third kappa shape index (κ3) is 2.86. The number of hydrogen-bond donors (Lipinski definition) is 0. The number of nitrogens with zero attached hydrogens (tertiary/aromatic N) is 4. The maximum Gasteiger partial charge on any atom is 0.186 e. The lowest BCUT2D eigenvalue weighted by Crippen LogP contribution is -1.98. The van der Waals surface area contributed by atoms with Crippen molar-refractivity contribution in [3.05, 3.63) is 52.4 Å². The maximum atomic E-state index is 12.9. The summed E-state index contributed by atoms with van der Waals surface area (Å²) in [6.45, 7) is 0.415. The SMILES string of the molecule is Fc1ccc(CN=Nc2ncnc3sc4c(c23)CCCC4)cc1. The Balaban J connectivity index is 1.64. The van der Waals surface area contributed by atoms with Gasteiger partial charge in [-0.15, -0.1) is 16.5 Å². The Morgan fingerprint density at radius 1 is 1.09 bits per heavy atom. The molecule has 4 rings (SSSR count). The average molecular weight is 326 g/mol. The molecule has 0 unspecified atom stereocenters. The van der Waals surface area contributed by atoms with Gasteiger partial charge in [0.05, 0.1) is 11.9 Å². The molecule has 2 aromatic heterocycles. The van der Waals surface area contributed by atoms with Gasteiger partial charge in [0.15, 0.2) is 5.82 Å². The molecule has 0 spiro atoms. The van der Waals surface area contributed by atoms with E-state index >= 15 is 0 Å². The standard InChI is InChI=1S/C17H15FN4S/c18-12-7-5-11(6-8-12)9-21-22-16-15-13-3-1-2-4-14(13)23-17(15)20-10-19-16/h5-8,10H,1-4,9H2. The molecule has 0 aliphatic heterocycles. The fourth-order valence-electron chi connectivity index (χ4n) is 2.92. The highest BCUT2D eigenvalue weighted by Gasteiger charge is 2.19. The summed E-state index contributed by atoms with van der Waals surface area (Å²) in [4.78, 5) is 11.1. The minimum absolute atomic E-state index is 0.243. The van der Waals surface area contributed by atoms with E-state index in [-0.39, 0.29) is 5.82 Å². The van der Waals surface area contributed by atoms with Crippen LogP contribution in [0.4, 0.5) is 10.2 Å². The van der Waals surface area contributed by atoms with Crippen LogP contribution in [-0.2, 0) is 19.4 Å². The first kappa shape index (κ1) is 14.4. The van der Waals surface area contributed by atoms with Crippen molar-refractivity contribution < 1.29 is 4.39 Å². The monoisotopic (exact) mass is 326 g/mol. The van der Waals surface area contributed by atoms with Gasteiger partial charge in [-0.2, -0.15) is 5.11 Å². The van der Waals surface area contributed by atoms with Gasteiger partial charge in [0.2, 0.25) is 0 Å². The molecule has 0 amide bonds. The first-order valence-corrected chi connectivity index (χ1v) is 8.50. The molecular weight excluding hydrogens is 311 g/mol. The van der Waals surface area contributed by atoms with Crippen molar-refractivity contribution in [1.82, 2.24) is 9.97 Å². The molecule has 0 saturated heterocycles. The van der Waals surface area contributed by atoms with Crippen LogP contribution >= 0.6 is 11.3 Å². The zero-order chi connectivity index (χ0) is 15.6. The smallest absolute Gasteiger partial charge is 0.186 e. The number of aryl methyl sites for hydroxylation is 2. The number of azo groups is 1. The predicted molar refractivity (Wildman–Crippen MR) is 88.7 cm³/mol. The van der Waals surface area contributed by atoms with E-state index in [0.717, 1.165) is 28.6 Å². The quantitative estimate of drug-likeness (QED) is 0.636. The Morgan fingerprint density at radius 2 is 1.91 bits per heavy atom. The molecule has 1 aromatic carbocycles. The molecule has 23 heavy (non-hydrogen) atoms. The third-order valence-corrected chi connectivity index (χ3v) is 5.26. The lowest BCUT2D eigenvalue weighted by Gasteiger charge is -2.10. The van der Waals surface area contributed by atoms with E-state index in [2.05, 4.69) is 20.2 Å². The van der Waals surface area contributed by atoms with Crippen LogP contribution in [0.15, 0.2) is 40.8 Å². The van der Waals surface area contributed by atoms with Crippen LogP contribution in [0.25, 0.3) is 10.2 Å². The topological polar surface area (TPSA) is 50.5 Å². The summed E-state index contributed by atoms with van der Waals surface area (Å²) < 4.78 is 12.9. The van der Waals surface area contributed by atoms with Crippen molar-refractivity contribution in [3.63, 3.8) is 0 Å². The van der Waals surface area contributed by atoms with E-state index in [4.69, 9.17) is 0 Å². The van der Waals surface area contributed by atoms with Crippen LogP contribution in [0, 0.1) is 5.82 Å². The largest absolute Gasteiger partial charge is 0.225 e. The van der Waals surface area contributed by atoms with Crippen molar-refractivity contribution >= 4 is 27.4 Å². The Kier molecular flexibility index (Phi) is 3.83. The number of rotatable bonds is 3. The fraction of sp³-hybridized carbons (Fsp3) is 0.294. The highest BCUT2D eigenvalue weighted by Crippen LogP contribution is 2.39. The Morgan fingerprint density at radius 3 is 2.78 bits per heavy atom. The molecule has 0 N–H and O–H groups in total. The van der Waals surface area contributed by atoms with Gasteiger partial charge in [0, 0.05) is 4.88 Å². The number of aromatic nitrogens is 2. The van der Waals surface area contributed by atoms with Crippen molar-refractivity contribution in [3.8, 4) is 0 Å². The zero-order valence-electron chi connectivity index (χ0n) is 12.5. The van der Waals surface area contributed by atoms with Crippen LogP contribution in [0.5, 0.6) is 0 Å². The van der Waals surface area contributed by atoms with E-state index in [1.54, 1.807) is 29.8 Å². The average Bonchev–Trinajstić information content (AvgIpc) is 2.96.